The molecule has 0 amide bonds. The molecule has 1 nitrogen and oxygen atoms in total. The van der Waals surface area contributed by atoms with Gasteiger partial charge in [0.1, 0.15) is 0 Å². The topological polar surface area (TPSA) is 20.2 Å². The first-order valence-electron chi connectivity index (χ1n) is 4.13. The fourth-order valence-corrected chi connectivity index (χ4v) is 2.49. The number of hydrogen-bond donors (Lipinski definition) is 1. The van der Waals surface area contributed by atoms with Crippen LogP contribution in [0.25, 0.3) is 0 Å². The smallest absolute Gasteiger partial charge is 0.0931 e. The van der Waals surface area contributed by atoms with Crippen LogP contribution in [-0.4, -0.2) is 10.7 Å². The van der Waals surface area contributed by atoms with Gasteiger partial charge in [-0.2, -0.15) is 0 Å². The van der Waals surface area contributed by atoms with E-state index < -0.39 is 5.60 Å². The van der Waals surface area contributed by atoms with E-state index in [1.54, 1.807) is 0 Å². The summed E-state index contributed by atoms with van der Waals surface area (Å²) in [6.45, 7) is 0. The predicted octanol–water partition coefficient (Wildman–Crippen LogP) is 2.86. The van der Waals surface area contributed by atoms with Crippen molar-refractivity contribution in [1.82, 2.24) is 0 Å². The van der Waals surface area contributed by atoms with Gasteiger partial charge < -0.3 is 5.11 Å². The SMILES string of the molecule is OC1(Cc2csc(Cl)c2)CCC1. The minimum atomic E-state index is -0.412. The maximum atomic E-state index is 9.83. The third-order valence-corrected chi connectivity index (χ3v) is 3.58. The maximum Gasteiger partial charge on any atom is 0.0931 e. The van der Waals surface area contributed by atoms with Crippen molar-refractivity contribution in [2.24, 2.45) is 0 Å². The van der Waals surface area contributed by atoms with Crippen LogP contribution in [0.1, 0.15) is 24.8 Å². The monoisotopic (exact) mass is 202 g/mol. The van der Waals surface area contributed by atoms with E-state index in [0.717, 1.165) is 30.0 Å². The lowest BCUT2D eigenvalue weighted by atomic mass is 9.76. The van der Waals surface area contributed by atoms with Crippen LogP contribution in [0.15, 0.2) is 11.4 Å². The molecule has 0 spiro atoms. The van der Waals surface area contributed by atoms with E-state index in [4.69, 9.17) is 11.6 Å². The molecular formula is C9H11ClOS. The van der Waals surface area contributed by atoms with Crippen LogP contribution in [-0.2, 0) is 6.42 Å². The highest BCUT2D eigenvalue weighted by Gasteiger charge is 2.34. The third kappa shape index (κ3) is 1.65. The Kier molecular flexibility index (Phi) is 2.15. The van der Waals surface area contributed by atoms with Crippen molar-refractivity contribution in [2.45, 2.75) is 31.3 Å². The Hall–Kier alpha value is -0.0500. The van der Waals surface area contributed by atoms with Gasteiger partial charge in [0.15, 0.2) is 0 Å². The molecule has 0 bridgehead atoms. The number of halogens is 1. The van der Waals surface area contributed by atoms with Crippen molar-refractivity contribution >= 4 is 22.9 Å². The van der Waals surface area contributed by atoms with E-state index in [-0.39, 0.29) is 0 Å². The first-order chi connectivity index (χ1) is 5.68. The molecule has 1 aromatic heterocycles. The van der Waals surface area contributed by atoms with E-state index in [2.05, 4.69) is 0 Å². The van der Waals surface area contributed by atoms with Gasteiger partial charge in [0.2, 0.25) is 0 Å². The maximum absolute atomic E-state index is 9.83. The van der Waals surface area contributed by atoms with E-state index >= 15 is 0 Å². The van der Waals surface area contributed by atoms with Crippen LogP contribution in [0.2, 0.25) is 4.34 Å². The molecule has 12 heavy (non-hydrogen) atoms. The summed E-state index contributed by atoms with van der Waals surface area (Å²) in [5.41, 5.74) is 0.761. The largest absolute Gasteiger partial charge is 0.390 e. The summed E-state index contributed by atoms with van der Waals surface area (Å²) in [6.07, 6.45) is 3.82. The molecular weight excluding hydrogens is 192 g/mol. The standard InChI is InChI=1S/C9H11ClOS/c10-8-4-7(6-12-8)5-9(11)2-1-3-9/h4,6,11H,1-3,5H2. The van der Waals surface area contributed by atoms with Crippen LogP contribution >= 0.6 is 22.9 Å². The Labute approximate surface area is 81.0 Å². The highest BCUT2D eigenvalue weighted by Crippen LogP contribution is 2.35. The molecule has 0 unspecified atom stereocenters. The predicted molar refractivity (Wildman–Crippen MR) is 51.8 cm³/mol. The average Bonchev–Trinajstić information content (AvgIpc) is 2.32. The molecule has 0 saturated heterocycles. The third-order valence-electron chi connectivity index (χ3n) is 2.44. The molecule has 1 saturated carbocycles. The zero-order valence-electron chi connectivity index (χ0n) is 6.72. The highest BCUT2D eigenvalue weighted by molar-refractivity contribution is 7.14. The molecule has 2 rings (SSSR count). The van der Waals surface area contributed by atoms with Gasteiger partial charge >= 0.3 is 0 Å². The van der Waals surface area contributed by atoms with E-state index in [1.807, 2.05) is 11.4 Å². The summed E-state index contributed by atoms with van der Waals surface area (Å²) in [7, 11) is 0. The van der Waals surface area contributed by atoms with Crippen molar-refractivity contribution in [3.8, 4) is 0 Å². The van der Waals surface area contributed by atoms with Gasteiger partial charge in [-0.3, -0.25) is 0 Å². The summed E-state index contributed by atoms with van der Waals surface area (Å²) in [5, 5.41) is 11.9. The lowest BCUT2D eigenvalue weighted by molar-refractivity contribution is -0.0322. The van der Waals surface area contributed by atoms with Crippen molar-refractivity contribution in [3.63, 3.8) is 0 Å². The van der Waals surface area contributed by atoms with Gasteiger partial charge in [-0.25, -0.2) is 0 Å². The molecule has 1 aromatic rings. The number of thiophene rings is 1. The quantitative estimate of drug-likeness (QED) is 0.782. The zero-order valence-corrected chi connectivity index (χ0v) is 8.29. The Morgan fingerprint density at radius 2 is 2.33 bits per heavy atom. The first-order valence-corrected chi connectivity index (χ1v) is 5.39. The van der Waals surface area contributed by atoms with E-state index in [1.165, 1.54) is 16.9 Å². The van der Waals surface area contributed by atoms with Gasteiger partial charge in [0.05, 0.1) is 9.94 Å². The average molecular weight is 203 g/mol. The fourth-order valence-electron chi connectivity index (χ4n) is 1.58. The van der Waals surface area contributed by atoms with Crippen molar-refractivity contribution in [3.05, 3.63) is 21.3 Å². The molecule has 0 aromatic carbocycles. The first kappa shape index (κ1) is 8.54. The second kappa shape index (κ2) is 3.02. The van der Waals surface area contributed by atoms with Gasteiger partial charge in [0, 0.05) is 6.42 Å². The van der Waals surface area contributed by atoms with Crippen molar-refractivity contribution in [2.75, 3.05) is 0 Å². The number of rotatable bonds is 2. The number of aliphatic hydroxyl groups is 1. The molecule has 1 N–H and O–H groups in total. The van der Waals surface area contributed by atoms with E-state index in [0.29, 0.717) is 0 Å². The molecule has 0 aliphatic heterocycles. The Morgan fingerprint density at radius 1 is 1.58 bits per heavy atom. The fraction of sp³-hybridized carbons (Fsp3) is 0.556. The summed E-state index contributed by atoms with van der Waals surface area (Å²) in [6, 6.07) is 1.95. The van der Waals surface area contributed by atoms with Crippen molar-refractivity contribution < 1.29 is 5.11 Å². The van der Waals surface area contributed by atoms with Crippen LogP contribution in [0.4, 0.5) is 0 Å². The van der Waals surface area contributed by atoms with Crippen LogP contribution in [0, 0.1) is 0 Å². The Bertz CT molecular complexity index is 278. The van der Waals surface area contributed by atoms with Gasteiger partial charge in [0.25, 0.3) is 0 Å². The van der Waals surface area contributed by atoms with Crippen LogP contribution in [0.3, 0.4) is 0 Å². The van der Waals surface area contributed by atoms with E-state index in [9.17, 15) is 5.11 Å². The molecule has 1 aliphatic rings. The van der Waals surface area contributed by atoms with Gasteiger partial charge in [-0.1, -0.05) is 11.6 Å². The van der Waals surface area contributed by atoms with Gasteiger partial charge in [-0.05, 0) is 36.3 Å². The summed E-state index contributed by atoms with van der Waals surface area (Å²) in [5.74, 6) is 0. The lowest BCUT2D eigenvalue weighted by Gasteiger charge is -2.36. The lowest BCUT2D eigenvalue weighted by Crippen LogP contribution is -2.38. The molecule has 0 atom stereocenters. The van der Waals surface area contributed by atoms with Crippen LogP contribution in [0.5, 0.6) is 0 Å². The summed E-state index contributed by atoms with van der Waals surface area (Å²) >= 11 is 7.32. The highest BCUT2D eigenvalue weighted by atomic mass is 35.5. The zero-order chi connectivity index (χ0) is 8.60. The Morgan fingerprint density at radius 3 is 2.75 bits per heavy atom. The second-order valence-electron chi connectivity index (χ2n) is 3.51. The number of hydrogen-bond acceptors (Lipinski definition) is 2. The molecule has 1 heterocycles. The van der Waals surface area contributed by atoms with Gasteiger partial charge in [-0.15, -0.1) is 11.3 Å². The minimum Gasteiger partial charge on any atom is -0.390 e. The molecule has 1 aliphatic carbocycles. The molecule has 66 valence electrons. The van der Waals surface area contributed by atoms with Crippen LogP contribution < -0.4 is 0 Å². The van der Waals surface area contributed by atoms with Crippen molar-refractivity contribution in [1.29, 1.82) is 0 Å². The normalized spacial score (nSPS) is 20.5. The summed E-state index contributed by atoms with van der Waals surface area (Å²) < 4.78 is 0.813. The second-order valence-corrected chi connectivity index (χ2v) is 5.06. The molecule has 0 radical (unpaired) electrons. The molecule has 3 heteroatoms. The molecule has 1 fully saturated rings. The Balaban J connectivity index is 2.03. The minimum absolute atomic E-state index is 0.412. The summed E-state index contributed by atoms with van der Waals surface area (Å²) in [4.78, 5) is 0.